The van der Waals surface area contributed by atoms with Crippen LogP contribution < -0.4 is 5.32 Å². The van der Waals surface area contributed by atoms with Crippen molar-refractivity contribution in [3.05, 3.63) is 57.3 Å². The van der Waals surface area contributed by atoms with Gasteiger partial charge < -0.3 is 0 Å². The third kappa shape index (κ3) is 4.03. The van der Waals surface area contributed by atoms with Gasteiger partial charge in [0.05, 0.1) is 23.0 Å². The minimum Gasteiger partial charge on any atom is -0.292 e. The van der Waals surface area contributed by atoms with Crippen molar-refractivity contribution >= 4 is 35.1 Å². The summed E-state index contributed by atoms with van der Waals surface area (Å²) in [6, 6.07) is 4.13. The van der Waals surface area contributed by atoms with Crippen LogP contribution in [0.3, 0.4) is 0 Å². The van der Waals surface area contributed by atoms with Crippen molar-refractivity contribution in [2.45, 2.75) is 26.9 Å². The molecule has 1 amide bonds. The number of halogens is 3. The van der Waals surface area contributed by atoms with Gasteiger partial charge in [0, 0.05) is 5.02 Å². The lowest BCUT2D eigenvalue weighted by Crippen LogP contribution is -2.21. The molecule has 7 nitrogen and oxygen atoms in total. The van der Waals surface area contributed by atoms with Gasteiger partial charge in [-0.3, -0.25) is 14.8 Å². The Kier molecular flexibility index (Phi) is 5.24. The Balaban J connectivity index is 1.64. The fourth-order valence-corrected chi connectivity index (χ4v) is 2.74. The van der Waals surface area contributed by atoms with Gasteiger partial charge in [-0.2, -0.15) is 5.10 Å². The van der Waals surface area contributed by atoms with Gasteiger partial charge in [0.25, 0.3) is 0 Å². The molecule has 3 rings (SSSR count). The highest BCUT2D eigenvalue weighted by molar-refractivity contribution is 6.32. The zero-order valence-corrected chi connectivity index (χ0v) is 15.5. The standard InChI is InChI=1S/C16H15Cl2FN6O/c1-9-15(18)10(2)25(22-9)7-14(26)21-16-20-8-24(23-16)6-11-3-4-12(19)5-13(11)17/h3-5,8H,6-7H2,1-2H3,(H,21,23,26). The Morgan fingerprint density at radius 2 is 2.04 bits per heavy atom. The number of aromatic nitrogens is 5. The molecule has 1 N–H and O–H groups in total. The van der Waals surface area contributed by atoms with Crippen molar-refractivity contribution in [3.63, 3.8) is 0 Å². The number of benzene rings is 1. The summed E-state index contributed by atoms with van der Waals surface area (Å²) in [6.45, 7) is 3.86. The van der Waals surface area contributed by atoms with E-state index < -0.39 is 5.82 Å². The maximum atomic E-state index is 13.1. The summed E-state index contributed by atoms with van der Waals surface area (Å²) in [5, 5.41) is 11.8. The topological polar surface area (TPSA) is 77.6 Å². The number of rotatable bonds is 5. The fourth-order valence-electron chi connectivity index (χ4n) is 2.38. The molecule has 136 valence electrons. The lowest BCUT2D eigenvalue weighted by molar-refractivity contribution is -0.117. The molecule has 0 unspecified atom stereocenters. The number of carbonyl (C=O) groups is 1. The van der Waals surface area contributed by atoms with E-state index in [4.69, 9.17) is 23.2 Å². The molecule has 0 aliphatic heterocycles. The molecule has 0 aliphatic carbocycles. The number of carbonyl (C=O) groups excluding carboxylic acids is 1. The van der Waals surface area contributed by atoms with Crippen LogP contribution in [0.4, 0.5) is 10.3 Å². The highest BCUT2D eigenvalue weighted by Crippen LogP contribution is 2.19. The molecule has 3 aromatic rings. The van der Waals surface area contributed by atoms with Gasteiger partial charge in [0.15, 0.2) is 0 Å². The van der Waals surface area contributed by atoms with E-state index in [0.717, 1.165) is 0 Å². The zero-order valence-electron chi connectivity index (χ0n) is 14.0. The minimum atomic E-state index is -0.408. The van der Waals surface area contributed by atoms with E-state index in [1.165, 1.54) is 27.8 Å². The first-order valence-corrected chi connectivity index (χ1v) is 8.42. The molecule has 0 fully saturated rings. The van der Waals surface area contributed by atoms with Crippen molar-refractivity contribution in [2.75, 3.05) is 5.32 Å². The lowest BCUT2D eigenvalue weighted by Gasteiger charge is -2.05. The summed E-state index contributed by atoms with van der Waals surface area (Å²) in [6.07, 6.45) is 1.45. The SMILES string of the molecule is Cc1nn(CC(=O)Nc2ncn(Cc3ccc(F)cc3Cl)n2)c(C)c1Cl. The van der Waals surface area contributed by atoms with E-state index in [1.54, 1.807) is 19.9 Å². The van der Waals surface area contributed by atoms with Crippen molar-refractivity contribution in [3.8, 4) is 0 Å². The maximum Gasteiger partial charge on any atom is 0.248 e. The third-order valence-corrected chi connectivity index (χ3v) is 4.62. The predicted molar refractivity (Wildman–Crippen MR) is 95.9 cm³/mol. The van der Waals surface area contributed by atoms with E-state index in [1.807, 2.05) is 0 Å². The summed E-state index contributed by atoms with van der Waals surface area (Å²) in [5.74, 6) is -0.583. The van der Waals surface area contributed by atoms with E-state index in [0.29, 0.717) is 33.5 Å². The normalized spacial score (nSPS) is 11.0. The van der Waals surface area contributed by atoms with E-state index >= 15 is 0 Å². The molecule has 0 aliphatic rings. The molecule has 10 heteroatoms. The van der Waals surface area contributed by atoms with Crippen LogP contribution in [0.1, 0.15) is 17.0 Å². The van der Waals surface area contributed by atoms with Crippen molar-refractivity contribution in [1.29, 1.82) is 0 Å². The molecular formula is C16H15Cl2FN6O. The van der Waals surface area contributed by atoms with Crippen LogP contribution in [0.2, 0.25) is 10.0 Å². The molecule has 1 aromatic carbocycles. The molecule has 0 atom stereocenters. The Bertz CT molecular complexity index is 968. The van der Waals surface area contributed by atoms with Crippen molar-refractivity contribution < 1.29 is 9.18 Å². The predicted octanol–water partition coefficient (Wildman–Crippen LogP) is 3.22. The van der Waals surface area contributed by atoms with Crippen LogP contribution >= 0.6 is 23.2 Å². The molecule has 0 radical (unpaired) electrons. The first-order valence-electron chi connectivity index (χ1n) is 7.66. The first-order chi connectivity index (χ1) is 12.3. The maximum absolute atomic E-state index is 13.1. The van der Waals surface area contributed by atoms with Gasteiger partial charge >= 0.3 is 0 Å². The van der Waals surface area contributed by atoms with Crippen LogP contribution in [-0.4, -0.2) is 30.5 Å². The lowest BCUT2D eigenvalue weighted by atomic mass is 10.2. The van der Waals surface area contributed by atoms with Crippen LogP contribution in [-0.2, 0) is 17.9 Å². The van der Waals surface area contributed by atoms with Crippen LogP contribution in [0, 0.1) is 19.7 Å². The Morgan fingerprint density at radius 3 is 2.69 bits per heavy atom. The summed E-state index contributed by atoms with van der Waals surface area (Å²) in [7, 11) is 0. The molecule has 0 spiro atoms. The molecule has 0 saturated carbocycles. The van der Waals surface area contributed by atoms with E-state index in [2.05, 4.69) is 20.5 Å². The number of hydrogen-bond acceptors (Lipinski definition) is 4. The molecule has 0 bridgehead atoms. The van der Waals surface area contributed by atoms with Gasteiger partial charge in [-0.15, -0.1) is 5.10 Å². The summed E-state index contributed by atoms with van der Waals surface area (Å²) >= 11 is 12.1. The number of aryl methyl sites for hydroxylation is 1. The quantitative estimate of drug-likeness (QED) is 0.717. The van der Waals surface area contributed by atoms with Gasteiger partial charge in [-0.25, -0.2) is 14.1 Å². The van der Waals surface area contributed by atoms with Gasteiger partial charge in [-0.05, 0) is 31.5 Å². The Morgan fingerprint density at radius 1 is 1.27 bits per heavy atom. The molecule has 0 saturated heterocycles. The summed E-state index contributed by atoms with van der Waals surface area (Å²) in [5.41, 5.74) is 2.06. The van der Waals surface area contributed by atoms with Crippen LogP contribution in [0.15, 0.2) is 24.5 Å². The zero-order chi connectivity index (χ0) is 18.8. The Labute approximate surface area is 158 Å². The molecule has 2 aromatic heterocycles. The molecule has 2 heterocycles. The van der Waals surface area contributed by atoms with E-state index in [9.17, 15) is 9.18 Å². The average Bonchev–Trinajstić information content (AvgIpc) is 3.10. The third-order valence-electron chi connectivity index (χ3n) is 3.72. The highest BCUT2D eigenvalue weighted by atomic mass is 35.5. The van der Waals surface area contributed by atoms with Gasteiger partial charge in [-0.1, -0.05) is 29.3 Å². The number of amides is 1. The van der Waals surface area contributed by atoms with E-state index in [-0.39, 0.29) is 18.4 Å². The second-order valence-electron chi connectivity index (χ2n) is 5.69. The van der Waals surface area contributed by atoms with Gasteiger partial charge in [0.2, 0.25) is 11.9 Å². The molecular weight excluding hydrogens is 382 g/mol. The fraction of sp³-hybridized carbons (Fsp3) is 0.250. The minimum absolute atomic E-state index is 0.00226. The summed E-state index contributed by atoms with van der Waals surface area (Å²) < 4.78 is 16.1. The van der Waals surface area contributed by atoms with Crippen molar-refractivity contribution in [2.24, 2.45) is 0 Å². The Hall–Kier alpha value is -2.45. The van der Waals surface area contributed by atoms with Gasteiger partial charge in [0.1, 0.15) is 18.7 Å². The van der Waals surface area contributed by atoms with Crippen LogP contribution in [0.25, 0.3) is 0 Å². The smallest absolute Gasteiger partial charge is 0.248 e. The second-order valence-corrected chi connectivity index (χ2v) is 6.48. The second kappa shape index (κ2) is 7.43. The monoisotopic (exact) mass is 396 g/mol. The molecule has 26 heavy (non-hydrogen) atoms. The average molecular weight is 397 g/mol. The largest absolute Gasteiger partial charge is 0.292 e. The summed E-state index contributed by atoms with van der Waals surface area (Å²) in [4.78, 5) is 16.2. The van der Waals surface area contributed by atoms with Crippen LogP contribution in [0.5, 0.6) is 0 Å². The number of anilines is 1. The number of nitrogens with one attached hydrogen (secondary N) is 1. The van der Waals surface area contributed by atoms with Crippen molar-refractivity contribution in [1.82, 2.24) is 24.5 Å². The first kappa shape index (κ1) is 18.3. The number of nitrogens with zero attached hydrogens (tertiary/aromatic N) is 5. The number of hydrogen-bond donors (Lipinski definition) is 1. The highest BCUT2D eigenvalue weighted by Gasteiger charge is 2.14.